The van der Waals surface area contributed by atoms with Gasteiger partial charge in [0.15, 0.2) is 5.82 Å². The minimum Gasteiger partial charge on any atom is -0.388 e. The molecule has 0 saturated carbocycles. The lowest BCUT2D eigenvalue weighted by atomic mass is 10.1. The van der Waals surface area contributed by atoms with Crippen LogP contribution >= 0.6 is 0 Å². The number of carbonyl (C=O) groups is 2. The van der Waals surface area contributed by atoms with Gasteiger partial charge in [0.05, 0.1) is 11.4 Å². The molecule has 3 rings (SSSR count). The van der Waals surface area contributed by atoms with E-state index in [1.54, 1.807) is 31.3 Å². The average Bonchev–Trinajstić information content (AvgIpc) is 3.00. The molecule has 0 radical (unpaired) electrons. The average molecular weight is 477 g/mol. The van der Waals surface area contributed by atoms with Crippen molar-refractivity contribution in [3.8, 4) is 0 Å². The Labute approximate surface area is 194 Å². The molecule has 0 unspecified atom stereocenters. The summed E-state index contributed by atoms with van der Waals surface area (Å²) in [5.74, 6) is -0.807. The summed E-state index contributed by atoms with van der Waals surface area (Å²) in [6, 6.07) is 7.55. The molecule has 0 saturated heterocycles. The van der Waals surface area contributed by atoms with E-state index in [0.717, 1.165) is 6.21 Å². The van der Waals surface area contributed by atoms with Gasteiger partial charge in [-0.05, 0) is 37.6 Å². The predicted octanol–water partition coefficient (Wildman–Crippen LogP) is 3.68. The van der Waals surface area contributed by atoms with Gasteiger partial charge in [0.25, 0.3) is 5.91 Å². The van der Waals surface area contributed by atoms with Crippen LogP contribution in [0, 0.1) is 5.41 Å². The molecule has 182 valence electrons. The van der Waals surface area contributed by atoms with Crippen molar-refractivity contribution >= 4 is 41.0 Å². The van der Waals surface area contributed by atoms with Crippen molar-refractivity contribution in [2.75, 3.05) is 53.7 Å². The monoisotopic (exact) mass is 477 g/mol. The van der Waals surface area contributed by atoms with E-state index in [1.165, 1.54) is 11.0 Å². The second-order valence-corrected chi connectivity index (χ2v) is 7.51. The quantitative estimate of drug-likeness (QED) is 0.474. The van der Waals surface area contributed by atoms with Crippen molar-refractivity contribution in [1.82, 2.24) is 10.3 Å². The summed E-state index contributed by atoms with van der Waals surface area (Å²) in [5.41, 5.74) is 1.92. The normalized spacial score (nSPS) is 13.6. The van der Waals surface area contributed by atoms with Gasteiger partial charge in [-0.3, -0.25) is 9.69 Å². The van der Waals surface area contributed by atoms with E-state index in [-0.39, 0.29) is 18.1 Å². The molecule has 0 fully saturated rings. The number of anilines is 4. The first-order chi connectivity index (χ1) is 16.2. The number of hydrogen-bond acceptors (Lipinski definition) is 6. The van der Waals surface area contributed by atoms with Crippen LogP contribution in [0.4, 0.5) is 40.8 Å². The molecular weight excluding hydrogens is 451 g/mol. The molecule has 0 spiro atoms. The van der Waals surface area contributed by atoms with Crippen LogP contribution < -0.4 is 25.8 Å². The topological polar surface area (TPSA) is 113 Å². The first kappa shape index (κ1) is 24.8. The first-order valence-electron chi connectivity index (χ1n) is 10.7. The SMILES string of the molecule is CCN1CCCN(C(=O)Nc2cccc(NC)c2C=N)c2nc(C(=O)NCC(F)(F)F)ccc21. The van der Waals surface area contributed by atoms with E-state index in [9.17, 15) is 22.8 Å². The molecule has 0 bridgehead atoms. The van der Waals surface area contributed by atoms with E-state index in [4.69, 9.17) is 5.41 Å². The van der Waals surface area contributed by atoms with Crippen molar-refractivity contribution in [3.05, 3.63) is 41.6 Å². The Morgan fingerprint density at radius 3 is 2.56 bits per heavy atom. The Morgan fingerprint density at radius 1 is 1.18 bits per heavy atom. The van der Waals surface area contributed by atoms with Gasteiger partial charge < -0.3 is 26.3 Å². The summed E-state index contributed by atoms with van der Waals surface area (Å²) >= 11 is 0. The fourth-order valence-electron chi connectivity index (χ4n) is 3.69. The van der Waals surface area contributed by atoms with Crippen LogP contribution in [0.3, 0.4) is 0 Å². The molecular formula is C22H26F3N7O2. The summed E-state index contributed by atoms with van der Waals surface area (Å²) in [4.78, 5) is 33.2. The number of benzene rings is 1. The predicted molar refractivity (Wildman–Crippen MR) is 125 cm³/mol. The van der Waals surface area contributed by atoms with Crippen LogP contribution in [-0.2, 0) is 0 Å². The molecule has 1 aromatic heterocycles. The number of rotatable bonds is 6. The number of nitrogens with zero attached hydrogens (tertiary/aromatic N) is 3. The number of amides is 3. The molecule has 2 aromatic rings. The molecule has 1 aliphatic rings. The van der Waals surface area contributed by atoms with Gasteiger partial charge in [-0.2, -0.15) is 13.2 Å². The number of pyridine rings is 1. The molecule has 9 nitrogen and oxygen atoms in total. The molecule has 1 aromatic carbocycles. The fraction of sp³-hybridized carbons (Fsp3) is 0.364. The second kappa shape index (κ2) is 10.4. The van der Waals surface area contributed by atoms with Gasteiger partial charge in [0, 0.05) is 44.1 Å². The van der Waals surface area contributed by atoms with Crippen LogP contribution in [0.15, 0.2) is 30.3 Å². The maximum absolute atomic E-state index is 13.3. The Morgan fingerprint density at radius 2 is 1.91 bits per heavy atom. The van der Waals surface area contributed by atoms with Gasteiger partial charge in [0.1, 0.15) is 12.2 Å². The number of carbonyl (C=O) groups excluding carboxylic acids is 2. The lowest BCUT2D eigenvalue weighted by molar-refractivity contribution is -0.123. The lowest BCUT2D eigenvalue weighted by Crippen LogP contribution is -2.37. The zero-order valence-electron chi connectivity index (χ0n) is 18.8. The molecule has 2 heterocycles. The first-order valence-corrected chi connectivity index (χ1v) is 10.7. The Hall–Kier alpha value is -3.83. The van der Waals surface area contributed by atoms with Crippen LogP contribution in [0.5, 0.6) is 0 Å². The molecule has 1 aliphatic heterocycles. The maximum Gasteiger partial charge on any atom is 0.405 e. The van der Waals surface area contributed by atoms with E-state index in [2.05, 4.69) is 15.6 Å². The molecule has 12 heteroatoms. The molecule has 0 atom stereocenters. The van der Waals surface area contributed by atoms with Gasteiger partial charge in [-0.25, -0.2) is 9.78 Å². The molecule has 4 N–H and O–H groups in total. The Kier molecular flexibility index (Phi) is 7.59. The summed E-state index contributed by atoms with van der Waals surface area (Å²) in [6.07, 6.45) is -2.82. The van der Waals surface area contributed by atoms with E-state index >= 15 is 0 Å². The third-order valence-electron chi connectivity index (χ3n) is 5.33. The number of halogens is 3. The van der Waals surface area contributed by atoms with Crippen molar-refractivity contribution in [3.63, 3.8) is 0 Å². The maximum atomic E-state index is 13.3. The van der Waals surface area contributed by atoms with E-state index < -0.39 is 24.7 Å². The summed E-state index contributed by atoms with van der Waals surface area (Å²) in [5, 5.41) is 15.3. The third kappa shape index (κ3) is 5.56. The largest absolute Gasteiger partial charge is 0.405 e. The van der Waals surface area contributed by atoms with Crippen LogP contribution in [-0.4, -0.2) is 62.5 Å². The van der Waals surface area contributed by atoms with Crippen molar-refractivity contribution in [1.29, 1.82) is 5.41 Å². The summed E-state index contributed by atoms with van der Waals surface area (Å²) in [7, 11) is 1.70. The zero-order chi connectivity index (χ0) is 24.9. The highest BCUT2D eigenvalue weighted by molar-refractivity contribution is 6.07. The lowest BCUT2D eigenvalue weighted by Gasteiger charge is -2.25. The Bertz CT molecular complexity index is 1070. The molecule has 34 heavy (non-hydrogen) atoms. The highest BCUT2D eigenvalue weighted by atomic mass is 19.4. The second-order valence-electron chi connectivity index (χ2n) is 7.51. The Balaban J connectivity index is 1.95. The standard InChI is InChI=1S/C22H26F3N7O2/c1-3-31-10-5-11-32(21(34)30-16-7-4-6-15(27-2)14(16)12-26)19-18(31)9-8-17(29-19)20(33)28-13-22(23,24)25/h4,6-9,12,26-27H,3,5,10-11,13H2,1-2H3,(H,28,33)(H,30,34). The highest BCUT2D eigenvalue weighted by Gasteiger charge is 2.30. The summed E-state index contributed by atoms with van der Waals surface area (Å²) < 4.78 is 37.6. The zero-order valence-corrected chi connectivity index (χ0v) is 18.8. The number of aromatic nitrogens is 1. The van der Waals surface area contributed by atoms with Crippen molar-refractivity contribution < 1.29 is 22.8 Å². The van der Waals surface area contributed by atoms with Gasteiger partial charge >= 0.3 is 12.2 Å². The van der Waals surface area contributed by atoms with Gasteiger partial charge in [-0.15, -0.1) is 0 Å². The highest BCUT2D eigenvalue weighted by Crippen LogP contribution is 2.32. The number of alkyl halides is 3. The minimum atomic E-state index is -4.55. The third-order valence-corrected chi connectivity index (χ3v) is 5.33. The number of nitrogens with one attached hydrogen (secondary N) is 4. The van der Waals surface area contributed by atoms with Crippen LogP contribution in [0.25, 0.3) is 0 Å². The minimum absolute atomic E-state index is 0.178. The number of hydrogen-bond donors (Lipinski definition) is 4. The van der Waals surface area contributed by atoms with Crippen molar-refractivity contribution in [2.45, 2.75) is 19.5 Å². The van der Waals surface area contributed by atoms with Gasteiger partial charge in [-0.1, -0.05) is 6.07 Å². The van der Waals surface area contributed by atoms with Gasteiger partial charge in [0.2, 0.25) is 0 Å². The summed E-state index contributed by atoms with van der Waals surface area (Å²) in [6.45, 7) is 1.98. The van der Waals surface area contributed by atoms with Crippen LogP contribution in [0.1, 0.15) is 29.4 Å². The number of urea groups is 1. The van der Waals surface area contributed by atoms with Crippen LogP contribution in [0.2, 0.25) is 0 Å². The van der Waals surface area contributed by atoms with E-state index in [1.807, 2.05) is 17.1 Å². The number of fused-ring (bicyclic) bond motifs is 1. The van der Waals surface area contributed by atoms with E-state index in [0.29, 0.717) is 42.1 Å². The smallest absolute Gasteiger partial charge is 0.388 e. The molecule has 0 aliphatic carbocycles. The van der Waals surface area contributed by atoms with Crippen molar-refractivity contribution in [2.24, 2.45) is 0 Å². The molecule has 3 amide bonds. The fourth-order valence-corrected chi connectivity index (χ4v) is 3.69.